The molecular formula is C13H22N4O2. The van der Waals surface area contributed by atoms with E-state index in [4.69, 9.17) is 10.5 Å². The summed E-state index contributed by atoms with van der Waals surface area (Å²) >= 11 is 0. The summed E-state index contributed by atoms with van der Waals surface area (Å²) in [5.74, 6) is 0.0292. The lowest BCUT2D eigenvalue weighted by atomic mass is 9.79. The molecule has 0 unspecified atom stereocenters. The molecule has 0 atom stereocenters. The highest BCUT2D eigenvalue weighted by molar-refractivity contribution is 5.83. The van der Waals surface area contributed by atoms with Crippen LogP contribution in [-0.2, 0) is 23.1 Å². The Hall–Kier alpha value is -1.40. The van der Waals surface area contributed by atoms with E-state index in [0.29, 0.717) is 39.1 Å². The zero-order valence-electron chi connectivity index (χ0n) is 11.6. The zero-order chi connectivity index (χ0) is 13.9. The molecule has 3 N–H and O–H groups in total. The van der Waals surface area contributed by atoms with Crippen LogP contribution < -0.4 is 11.1 Å². The van der Waals surface area contributed by atoms with Crippen molar-refractivity contribution in [1.82, 2.24) is 15.1 Å². The lowest BCUT2D eigenvalue weighted by Crippen LogP contribution is -2.49. The van der Waals surface area contributed by atoms with Crippen molar-refractivity contribution in [3.63, 3.8) is 0 Å². The molecule has 0 radical (unpaired) electrons. The Balaban J connectivity index is 1.98. The van der Waals surface area contributed by atoms with Gasteiger partial charge in [-0.1, -0.05) is 0 Å². The third kappa shape index (κ3) is 2.79. The van der Waals surface area contributed by atoms with Gasteiger partial charge in [0.05, 0.1) is 11.6 Å². The van der Waals surface area contributed by atoms with Crippen molar-refractivity contribution in [3.8, 4) is 0 Å². The van der Waals surface area contributed by atoms with Crippen LogP contribution in [-0.4, -0.2) is 35.4 Å². The standard InChI is InChI=1S/C13H22N4O2/c1-10-11(8-16-17(10)2)7-15-12(18)13(9-14)3-5-19-6-4-13/h8H,3-7,9,14H2,1-2H3,(H,15,18). The molecule has 1 aromatic rings. The molecule has 19 heavy (non-hydrogen) atoms. The van der Waals surface area contributed by atoms with Crippen LogP contribution in [0.3, 0.4) is 0 Å². The molecule has 1 saturated heterocycles. The first-order valence-corrected chi connectivity index (χ1v) is 6.63. The molecule has 1 aliphatic heterocycles. The van der Waals surface area contributed by atoms with Gasteiger partial charge < -0.3 is 15.8 Å². The maximum Gasteiger partial charge on any atom is 0.227 e. The SMILES string of the molecule is Cc1c(CNC(=O)C2(CN)CCOCC2)cnn1C. The number of aromatic nitrogens is 2. The molecule has 0 aromatic carbocycles. The van der Waals surface area contributed by atoms with Gasteiger partial charge in [0.25, 0.3) is 0 Å². The average Bonchev–Trinajstić information content (AvgIpc) is 2.77. The van der Waals surface area contributed by atoms with E-state index >= 15 is 0 Å². The van der Waals surface area contributed by atoms with Gasteiger partial charge in [0.2, 0.25) is 5.91 Å². The molecule has 6 nitrogen and oxygen atoms in total. The summed E-state index contributed by atoms with van der Waals surface area (Å²) in [4.78, 5) is 12.4. The number of rotatable bonds is 4. The second kappa shape index (κ2) is 5.71. The van der Waals surface area contributed by atoms with Gasteiger partial charge in [-0.3, -0.25) is 9.48 Å². The number of nitrogens with two attached hydrogens (primary N) is 1. The Kier molecular flexibility index (Phi) is 4.21. The van der Waals surface area contributed by atoms with Crippen LogP contribution in [0.2, 0.25) is 0 Å². The molecule has 1 aliphatic rings. The molecule has 0 saturated carbocycles. The van der Waals surface area contributed by atoms with Gasteiger partial charge in [-0.25, -0.2) is 0 Å². The molecule has 0 spiro atoms. The summed E-state index contributed by atoms with van der Waals surface area (Å²) in [6.07, 6.45) is 3.18. The van der Waals surface area contributed by atoms with Crippen molar-refractivity contribution in [2.45, 2.75) is 26.3 Å². The quantitative estimate of drug-likeness (QED) is 0.810. The molecule has 1 fully saturated rings. The number of ether oxygens (including phenoxy) is 1. The van der Waals surface area contributed by atoms with Crippen molar-refractivity contribution in [2.24, 2.45) is 18.2 Å². The van der Waals surface area contributed by atoms with Gasteiger partial charge in [-0.2, -0.15) is 5.10 Å². The Labute approximate surface area is 113 Å². The number of amides is 1. The van der Waals surface area contributed by atoms with Crippen LogP contribution in [0, 0.1) is 12.3 Å². The van der Waals surface area contributed by atoms with Gasteiger partial charge in [0.15, 0.2) is 0 Å². The first-order valence-electron chi connectivity index (χ1n) is 6.63. The Morgan fingerprint density at radius 2 is 2.26 bits per heavy atom. The van der Waals surface area contributed by atoms with Crippen LogP contribution in [0.1, 0.15) is 24.1 Å². The molecule has 2 heterocycles. The van der Waals surface area contributed by atoms with Crippen LogP contribution >= 0.6 is 0 Å². The highest BCUT2D eigenvalue weighted by atomic mass is 16.5. The van der Waals surface area contributed by atoms with E-state index in [1.807, 2.05) is 14.0 Å². The van der Waals surface area contributed by atoms with E-state index in [1.165, 1.54) is 0 Å². The lowest BCUT2D eigenvalue weighted by Gasteiger charge is -2.34. The molecule has 0 aliphatic carbocycles. The molecule has 2 rings (SSSR count). The van der Waals surface area contributed by atoms with E-state index < -0.39 is 5.41 Å². The predicted molar refractivity (Wildman–Crippen MR) is 71.3 cm³/mol. The second-order valence-electron chi connectivity index (χ2n) is 5.16. The fourth-order valence-corrected chi connectivity index (χ4v) is 2.37. The Morgan fingerprint density at radius 1 is 1.58 bits per heavy atom. The summed E-state index contributed by atoms with van der Waals surface area (Å²) in [5, 5.41) is 7.15. The summed E-state index contributed by atoms with van der Waals surface area (Å²) < 4.78 is 7.11. The summed E-state index contributed by atoms with van der Waals surface area (Å²) in [6, 6.07) is 0. The molecular weight excluding hydrogens is 244 g/mol. The van der Waals surface area contributed by atoms with Gasteiger partial charge in [-0.05, 0) is 19.8 Å². The van der Waals surface area contributed by atoms with Crippen molar-refractivity contribution in [3.05, 3.63) is 17.5 Å². The topological polar surface area (TPSA) is 82.2 Å². The second-order valence-corrected chi connectivity index (χ2v) is 5.16. The third-order valence-electron chi connectivity index (χ3n) is 4.10. The number of hydrogen-bond donors (Lipinski definition) is 2. The normalized spacial score (nSPS) is 18.3. The largest absolute Gasteiger partial charge is 0.381 e. The molecule has 0 bridgehead atoms. The summed E-state index contributed by atoms with van der Waals surface area (Å²) in [5.41, 5.74) is 7.45. The minimum absolute atomic E-state index is 0.0292. The third-order valence-corrected chi connectivity index (χ3v) is 4.10. The van der Waals surface area contributed by atoms with Crippen LogP contribution in [0.4, 0.5) is 0 Å². The van der Waals surface area contributed by atoms with E-state index in [9.17, 15) is 4.79 Å². The van der Waals surface area contributed by atoms with E-state index in [0.717, 1.165) is 11.3 Å². The fourth-order valence-electron chi connectivity index (χ4n) is 2.37. The van der Waals surface area contributed by atoms with Gasteiger partial charge in [0.1, 0.15) is 0 Å². The van der Waals surface area contributed by atoms with Crippen molar-refractivity contribution in [2.75, 3.05) is 19.8 Å². The van der Waals surface area contributed by atoms with Crippen LogP contribution in [0.15, 0.2) is 6.20 Å². The highest BCUT2D eigenvalue weighted by Crippen LogP contribution is 2.29. The summed E-state index contributed by atoms with van der Waals surface area (Å²) in [7, 11) is 1.89. The van der Waals surface area contributed by atoms with E-state index in [1.54, 1.807) is 10.9 Å². The first-order chi connectivity index (χ1) is 9.09. The highest BCUT2D eigenvalue weighted by Gasteiger charge is 2.38. The molecule has 1 amide bonds. The average molecular weight is 266 g/mol. The van der Waals surface area contributed by atoms with E-state index in [2.05, 4.69) is 10.4 Å². The summed E-state index contributed by atoms with van der Waals surface area (Å²) in [6.45, 7) is 4.07. The fraction of sp³-hybridized carbons (Fsp3) is 0.692. The minimum Gasteiger partial charge on any atom is -0.381 e. The van der Waals surface area contributed by atoms with Gasteiger partial charge in [0, 0.05) is 44.6 Å². The zero-order valence-corrected chi connectivity index (χ0v) is 11.6. The maximum absolute atomic E-state index is 12.4. The van der Waals surface area contributed by atoms with Crippen molar-refractivity contribution >= 4 is 5.91 Å². The van der Waals surface area contributed by atoms with Crippen LogP contribution in [0.25, 0.3) is 0 Å². The van der Waals surface area contributed by atoms with Gasteiger partial charge >= 0.3 is 0 Å². The smallest absolute Gasteiger partial charge is 0.227 e. The Bertz CT molecular complexity index is 449. The van der Waals surface area contributed by atoms with Crippen molar-refractivity contribution in [1.29, 1.82) is 0 Å². The first kappa shape index (κ1) is 14.0. The molecule has 106 valence electrons. The van der Waals surface area contributed by atoms with Crippen molar-refractivity contribution < 1.29 is 9.53 Å². The lowest BCUT2D eigenvalue weighted by molar-refractivity contribution is -0.136. The van der Waals surface area contributed by atoms with Gasteiger partial charge in [-0.15, -0.1) is 0 Å². The predicted octanol–water partition coefficient (Wildman–Crippen LogP) is 0.100. The Morgan fingerprint density at radius 3 is 2.79 bits per heavy atom. The monoisotopic (exact) mass is 266 g/mol. The number of carbonyl (C=O) groups is 1. The molecule has 6 heteroatoms. The number of nitrogens with zero attached hydrogens (tertiary/aromatic N) is 2. The molecule has 1 aromatic heterocycles. The van der Waals surface area contributed by atoms with E-state index in [-0.39, 0.29) is 5.91 Å². The number of aryl methyl sites for hydroxylation is 1. The van der Waals surface area contributed by atoms with Crippen LogP contribution in [0.5, 0.6) is 0 Å². The number of hydrogen-bond acceptors (Lipinski definition) is 4. The maximum atomic E-state index is 12.4. The number of nitrogens with one attached hydrogen (secondary N) is 1. The number of carbonyl (C=O) groups excluding carboxylic acids is 1. The minimum atomic E-state index is -0.464.